The van der Waals surface area contributed by atoms with E-state index in [-0.39, 0.29) is 23.7 Å². The molecule has 1 aromatic carbocycles. The zero-order chi connectivity index (χ0) is 15.4. The first-order valence-corrected chi connectivity index (χ1v) is 6.84. The Morgan fingerprint density at radius 2 is 1.75 bits per heavy atom. The van der Waals surface area contributed by atoms with Gasteiger partial charge in [0.1, 0.15) is 5.82 Å². The fraction of sp³-hybridized carbons (Fsp3) is 0.562. The molecule has 1 aromatic rings. The average molecular weight is 281 g/mol. The predicted octanol–water partition coefficient (Wildman–Crippen LogP) is 2.63. The van der Waals surface area contributed by atoms with E-state index in [2.05, 4.69) is 5.32 Å². The molecule has 4 heteroatoms. The zero-order valence-corrected chi connectivity index (χ0v) is 12.7. The molecule has 0 radical (unpaired) electrons. The second-order valence-corrected chi connectivity index (χ2v) is 6.45. The second kappa shape index (κ2) is 6.35. The molecule has 0 spiro atoms. The Bertz CT molecular complexity index is 452. The second-order valence-electron chi connectivity index (χ2n) is 6.45. The number of halogens is 1. The number of benzene rings is 1. The highest BCUT2D eigenvalue weighted by atomic mass is 19.1. The standard InChI is InChI=1S/C16H24FNO2/c1-15(2,9-10-19)11-18-14(20)16(3,4)12-5-7-13(17)8-6-12/h5-8,19H,9-11H2,1-4H3,(H,18,20). The summed E-state index contributed by atoms with van der Waals surface area (Å²) in [5.74, 6) is -0.413. The van der Waals surface area contributed by atoms with Gasteiger partial charge in [0.05, 0.1) is 5.41 Å². The fourth-order valence-electron chi connectivity index (χ4n) is 1.93. The Kier molecular flexibility index (Phi) is 5.28. The van der Waals surface area contributed by atoms with Gasteiger partial charge in [0, 0.05) is 13.2 Å². The summed E-state index contributed by atoms with van der Waals surface area (Å²) in [5, 5.41) is 11.9. The first kappa shape index (κ1) is 16.6. The number of rotatable bonds is 6. The molecule has 0 aliphatic rings. The van der Waals surface area contributed by atoms with Gasteiger partial charge < -0.3 is 10.4 Å². The van der Waals surface area contributed by atoms with E-state index in [1.54, 1.807) is 12.1 Å². The quantitative estimate of drug-likeness (QED) is 0.842. The van der Waals surface area contributed by atoms with Crippen LogP contribution in [0, 0.1) is 11.2 Å². The minimum absolute atomic E-state index is 0.101. The molecule has 0 saturated carbocycles. The van der Waals surface area contributed by atoms with Crippen molar-refractivity contribution < 1.29 is 14.3 Å². The number of amides is 1. The summed E-state index contributed by atoms with van der Waals surface area (Å²) < 4.78 is 12.9. The van der Waals surface area contributed by atoms with E-state index < -0.39 is 5.41 Å². The SMILES string of the molecule is CC(C)(CCO)CNC(=O)C(C)(C)c1ccc(F)cc1. The van der Waals surface area contributed by atoms with E-state index in [9.17, 15) is 9.18 Å². The average Bonchev–Trinajstić information content (AvgIpc) is 2.36. The molecule has 1 rings (SSSR count). The number of carbonyl (C=O) groups is 1. The molecule has 1 amide bonds. The number of hydrogen-bond acceptors (Lipinski definition) is 2. The lowest BCUT2D eigenvalue weighted by atomic mass is 9.83. The topological polar surface area (TPSA) is 49.3 Å². The van der Waals surface area contributed by atoms with E-state index >= 15 is 0 Å². The predicted molar refractivity (Wildman–Crippen MR) is 77.9 cm³/mol. The molecular formula is C16H24FNO2. The van der Waals surface area contributed by atoms with Crippen molar-refractivity contribution in [1.29, 1.82) is 0 Å². The summed E-state index contributed by atoms with van der Waals surface area (Å²) in [4.78, 5) is 12.3. The molecule has 3 nitrogen and oxygen atoms in total. The molecule has 0 aliphatic heterocycles. The van der Waals surface area contributed by atoms with Crippen molar-refractivity contribution in [3.05, 3.63) is 35.6 Å². The van der Waals surface area contributed by atoms with E-state index in [4.69, 9.17) is 5.11 Å². The molecule has 0 fully saturated rings. The van der Waals surface area contributed by atoms with E-state index in [0.717, 1.165) is 5.56 Å². The van der Waals surface area contributed by atoms with Crippen LogP contribution in [0.4, 0.5) is 4.39 Å². The van der Waals surface area contributed by atoms with Crippen LogP contribution in [-0.4, -0.2) is 24.2 Å². The van der Waals surface area contributed by atoms with Crippen LogP contribution in [0.5, 0.6) is 0 Å². The normalized spacial score (nSPS) is 12.3. The maximum Gasteiger partial charge on any atom is 0.230 e. The molecule has 0 unspecified atom stereocenters. The highest BCUT2D eigenvalue weighted by Crippen LogP contribution is 2.25. The number of aliphatic hydroxyl groups excluding tert-OH is 1. The highest BCUT2D eigenvalue weighted by Gasteiger charge is 2.30. The van der Waals surface area contributed by atoms with Crippen LogP contribution in [0.2, 0.25) is 0 Å². The van der Waals surface area contributed by atoms with Gasteiger partial charge >= 0.3 is 0 Å². The summed E-state index contributed by atoms with van der Waals surface area (Å²) in [6.07, 6.45) is 0.629. The summed E-state index contributed by atoms with van der Waals surface area (Å²) in [5.41, 5.74) is -0.0944. The van der Waals surface area contributed by atoms with Crippen LogP contribution in [0.15, 0.2) is 24.3 Å². The zero-order valence-electron chi connectivity index (χ0n) is 12.7. The van der Waals surface area contributed by atoms with Crippen molar-refractivity contribution in [3.8, 4) is 0 Å². The van der Waals surface area contributed by atoms with Gasteiger partial charge in [0.15, 0.2) is 0 Å². The molecule has 2 N–H and O–H groups in total. The van der Waals surface area contributed by atoms with Crippen molar-refractivity contribution in [1.82, 2.24) is 5.32 Å². The molecular weight excluding hydrogens is 257 g/mol. The minimum atomic E-state index is -0.719. The molecule has 0 aliphatic carbocycles. The Balaban J connectivity index is 2.72. The summed E-state index contributed by atoms with van der Waals surface area (Å²) in [6.45, 7) is 8.22. The van der Waals surface area contributed by atoms with Crippen LogP contribution in [-0.2, 0) is 10.2 Å². The molecule has 0 aromatic heterocycles. The largest absolute Gasteiger partial charge is 0.396 e. The van der Waals surface area contributed by atoms with Gasteiger partial charge in [0.25, 0.3) is 0 Å². The number of hydrogen-bond donors (Lipinski definition) is 2. The van der Waals surface area contributed by atoms with Crippen molar-refractivity contribution >= 4 is 5.91 Å². The van der Waals surface area contributed by atoms with E-state index in [1.165, 1.54) is 12.1 Å². The molecule has 0 heterocycles. The van der Waals surface area contributed by atoms with Gasteiger partial charge in [-0.15, -0.1) is 0 Å². The maximum atomic E-state index is 12.9. The van der Waals surface area contributed by atoms with Gasteiger partial charge in [-0.25, -0.2) is 4.39 Å². The Hall–Kier alpha value is -1.42. The van der Waals surface area contributed by atoms with Crippen molar-refractivity contribution in [3.63, 3.8) is 0 Å². The van der Waals surface area contributed by atoms with Gasteiger partial charge in [-0.3, -0.25) is 4.79 Å². The lowest BCUT2D eigenvalue weighted by Crippen LogP contribution is -2.44. The third-order valence-corrected chi connectivity index (χ3v) is 3.65. The molecule has 0 atom stereocenters. The molecule has 0 saturated heterocycles. The van der Waals surface area contributed by atoms with Crippen LogP contribution in [0.1, 0.15) is 39.7 Å². The molecule has 112 valence electrons. The molecule has 20 heavy (non-hydrogen) atoms. The first-order valence-electron chi connectivity index (χ1n) is 6.84. The fourth-order valence-corrected chi connectivity index (χ4v) is 1.93. The summed E-state index contributed by atoms with van der Waals surface area (Å²) >= 11 is 0. The lowest BCUT2D eigenvalue weighted by molar-refractivity contribution is -0.126. The lowest BCUT2D eigenvalue weighted by Gasteiger charge is -2.29. The third-order valence-electron chi connectivity index (χ3n) is 3.65. The number of nitrogens with one attached hydrogen (secondary N) is 1. The van der Waals surface area contributed by atoms with Crippen molar-refractivity contribution in [2.45, 2.75) is 39.5 Å². The van der Waals surface area contributed by atoms with Gasteiger partial charge in [-0.05, 0) is 43.4 Å². The van der Waals surface area contributed by atoms with Gasteiger partial charge in [-0.2, -0.15) is 0 Å². The molecule has 0 bridgehead atoms. The van der Waals surface area contributed by atoms with E-state index in [0.29, 0.717) is 13.0 Å². The Morgan fingerprint density at radius 3 is 2.25 bits per heavy atom. The minimum Gasteiger partial charge on any atom is -0.396 e. The monoisotopic (exact) mass is 281 g/mol. The van der Waals surface area contributed by atoms with Crippen molar-refractivity contribution in [2.75, 3.05) is 13.2 Å². The smallest absolute Gasteiger partial charge is 0.230 e. The Labute approximate surface area is 120 Å². The summed E-state index contributed by atoms with van der Waals surface area (Å²) in [6, 6.07) is 5.99. The van der Waals surface area contributed by atoms with Crippen LogP contribution in [0.3, 0.4) is 0 Å². The van der Waals surface area contributed by atoms with Crippen LogP contribution in [0.25, 0.3) is 0 Å². The third kappa shape index (κ3) is 4.30. The first-order chi connectivity index (χ1) is 9.19. The van der Waals surface area contributed by atoms with E-state index in [1.807, 2.05) is 27.7 Å². The summed E-state index contributed by atoms with van der Waals surface area (Å²) in [7, 11) is 0. The number of aliphatic hydroxyl groups is 1. The number of carbonyl (C=O) groups excluding carboxylic acids is 1. The van der Waals surface area contributed by atoms with Crippen molar-refractivity contribution in [2.24, 2.45) is 5.41 Å². The van der Waals surface area contributed by atoms with Crippen LogP contribution >= 0.6 is 0 Å². The highest BCUT2D eigenvalue weighted by molar-refractivity contribution is 5.87. The Morgan fingerprint density at radius 1 is 1.20 bits per heavy atom. The maximum absolute atomic E-state index is 12.9. The van der Waals surface area contributed by atoms with Gasteiger partial charge in [-0.1, -0.05) is 26.0 Å². The van der Waals surface area contributed by atoms with Crippen LogP contribution < -0.4 is 5.32 Å². The van der Waals surface area contributed by atoms with Gasteiger partial charge in [0.2, 0.25) is 5.91 Å².